The van der Waals surface area contributed by atoms with Crippen molar-refractivity contribution in [3.8, 4) is 0 Å². The molecule has 1 rings (SSSR count). The van der Waals surface area contributed by atoms with Gasteiger partial charge in [-0.2, -0.15) is 0 Å². The van der Waals surface area contributed by atoms with Crippen molar-refractivity contribution in [3.05, 3.63) is 18.2 Å². The molecule has 30 heavy (non-hydrogen) atoms. The summed E-state index contributed by atoms with van der Waals surface area (Å²) in [5.41, 5.74) is 0. The molecule has 0 spiro atoms. The fourth-order valence-corrected chi connectivity index (χ4v) is 4.62. The first-order chi connectivity index (χ1) is 14.8. The van der Waals surface area contributed by atoms with Gasteiger partial charge in [0, 0.05) is 6.42 Å². The van der Waals surface area contributed by atoms with E-state index in [1.165, 1.54) is 142 Å². The van der Waals surface area contributed by atoms with E-state index in [0.29, 0.717) is 0 Å². The Morgan fingerprint density at radius 2 is 1.03 bits per heavy atom. The van der Waals surface area contributed by atoms with Crippen molar-refractivity contribution < 1.29 is 4.57 Å². The van der Waals surface area contributed by atoms with Gasteiger partial charge in [0.1, 0.15) is 12.4 Å². The maximum absolute atomic E-state index is 2.56. The Kier molecular flexibility index (Phi) is 18.3. The number of imidazole rings is 1. The second-order valence-electron chi connectivity index (χ2n) is 9.51. The van der Waals surface area contributed by atoms with Crippen molar-refractivity contribution in [2.75, 3.05) is 0 Å². The number of unbranched alkanes of at least 4 members (excludes halogenated alkanes) is 16. The molecule has 0 fully saturated rings. The highest BCUT2D eigenvalue weighted by Crippen LogP contribution is 2.13. The Morgan fingerprint density at radius 3 is 1.53 bits per heavy atom. The third-order valence-electron chi connectivity index (χ3n) is 6.56. The highest BCUT2D eigenvalue weighted by Gasteiger charge is 2.15. The number of rotatable bonds is 22. The molecule has 0 amide bonds. The lowest BCUT2D eigenvalue weighted by Crippen LogP contribution is -2.37. The van der Waals surface area contributed by atoms with E-state index in [1.807, 2.05) is 0 Å². The monoisotopic (exact) mass is 419 g/mol. The third-order valence-corrected chi connectivity index (χ3v) is 6.56. The fraction of sp³-hybridized carbons (Fsp3) is 0.893. The third kappa shape index (κ3) is 13.5. The first-order valence-electron chi connectivity index (χ1n) is 13.9. The van der Waals surface area contributed by atoms with E-state index in [-0.39, 0.29) is 0 Å². The van der Waals surface area contributed by atoms with E-state index >= 15 is 0 Å². The number of aryl methyl sites for hydroxylation is 2. The summed E-state index contributed by atoms with van der Waals surface area (Å²) >= 11 is 0. The molecular formula is C28H55N2+. The molecule has 0 aromatic carbocycles. The predicted molar refractivity (Wildman–Crippen MR) is 133 cm³/mol. The summed E-state index contributed by atoms with van der Waals surface area (Å²) < 4.78 is 5.09. The summed E-state index contributed by atoms with van der Waals surface area (Å²) in [7, 11) is 0. The van der Waals surface area contributed by atoms with Gasteiger partial charge in [-0.25, -0.2) is 9.13 Å². The van der Waals surface area contributed by atoms with Crippen LogP contribution in [0.25, 0.3) is 0 Å². The summed E-state index contributed by atoms with van der Waals surface area (Å²) in [5, 5.41) is 0. The minimum atomic E-state index is 1.18. The van der Waals surface area contributed by atoms with Crippen molar-refractivity contribution in [2.24, 2.45) is 0 Å². The SMILES string of the molecule is CCCCCCCCCCCCCCc1n(CCCCCCCC)cc[n+]1CCC. The summed E-state index contributed by atoms with van der Waals surface area (Å²) in [6, 6.07) is 0. The Bertz CT molecular complexity index is 477. The van der Waals surface area contributed by atoms with Gasteiger partial charge >= 0.3 is 0 Å². The predicted octanol–water partition coefficient (Wildman–Crippen LogP) is 8.79. The lowest BCUT2D eigenvalue weighted by atomic mass is 10.0. The first kappa shape index (κ1) is 27.2. The molecule has 0 aliphatic carbocycles. The van der Waals surface area contributed by atoms with Gasteiger partial charge in [-0.15, -0.1) is 0 Å². The molecule has 1 aromatic rings. The molecule has 0 unspecified atom stereocenters. The van der Waals surface area contributed by atoms with E-state index in [0.717, 1.165) is 0 Å². The van der Waals surface area contributed by atoms with Crippen LogP contribution in [0.15, 0.2) is 12.4 Å². The molecular weight excluding hydrogens is 364 g/mol. The van der Waals surface area contributed by atoms with Crippen LogP contribution in [-0.4, -0.2) is 4.57 Å². The van der Waals surface area contributed by atoms with Crippen LogP contribution >= 0.6 is 0 Å². The largest absolute Gasteiger partial charge is 0.256 e. The van der Waals surface area contributed by atoms with Crippen LogP contribution in [0.2, 0.25) is 0 Å². The zero-order valence-corrected chi connectivity index (χ0v) is 21.1. The zero-order valence-electron chi connectivity index (χ0n) is 21.1. The molecule has 2 nitrogen and oxygen atoms in total. The van der Waals surface area contributed by atoms with E-state index in [1.54, 1.807) is 5.82 Å². The normalized spacial score (nSPS) is 11.4. The van der Waals surface area contributed by atoms with Gasteiger partial charge in [-0.05, 0) is 25.7 Å². The average Bonchev–Trinajstić information content (AvgIpc) is 3.13. The van der Waals surface area contributed by atoms with Crippen molar-refractivity contribution in [1.29, 1.82) is 0 Å². The quantitative estimate of drug-likeness (QED) is 0.131. The second kappa shape index (κ2) is 20.1. The molecule has 176 valence electrons. The van der Waals surface area contributed by atoms with E-state index in [4.69, 9.17) is 0 Å². The van der Waals surface area contributed by atoms with Gasteiger partial charge in [-0.3, -0.25) is 0 Å². The minimum Gasteiger partial charge on any atom is -0.234 e. The molecule has 0 radical (unpaired) electrons. The summed E-state index contributed by atoms with van der Waals surface area (Å²) in [6.45, 7) is 9.30. The Morgan fingerprint density at radius 1 is 0.567 bits per heavy atom. The maximum atomic E-state index is 2.56. The highest BCUT2D eigenvalue weighted by molar-refractivity contribution is 4.84. The van der Waals surface area contributed by atoms with Crippen molar-refractivity contribution in [1.82, 2.24) is 4.57 Å². The molecule has 0 saturated heterocycles. The Balaban J connectivity index is 2.16. The summed E-state index contributed by atoms with van der Waals surface area (Å²) in [5.74, 6) is 1.58. The molecule has 0 bridgehead atoms. The Hall–Kier alpha value is -0.790. The molecule has 0 aliphatic rings. The molecule has 1 aromatic heterocycles. The smallest absolute Gasteiger partial charge is 0.234 e. The van der Waals surface area contributed by atoms with Crippen molar-refractivity contribution >= 4 is 0 Å². The fourth-order valence-electron chi connectivity index (χ4n) is 4.62. The number of hydrogen-bond donors (Lipinski definition) is 0. The van der Waals surface area contributed by atoms with E-state index in [9.17, 15) is 0 Å². The Labute approximate surface area is 189 Å². The van der Waals surface area contributed by atoms with Gasteiger partial charge in [0.15, 0.2) is 0 Å². The first-order valence-corrected chi connectivity index (χ1v) is 13.9. The van der Waals surface area contributed by atoms with E-state index in [2.05, 4.69) is 42.3 Å². The van der Waals surface area contributed by atoms with Crippen LogP contribution in [0.4, 0.5) is 0 Å². The van der Waals surface area contributed by atoms with Crippen LogP contribution in [-0.2, 0) is 19.5 Å². The van der Waals surface area contributed by atoms with Gasteiger partial charge in [0.05, 0.1) is 13.1 Å². The number of hydrogen-bond acceptors (Lipinski definition) is 0. The topological polar surface area (TPSA) is 8.81 Å². The number of aromatic nitrogens is 2. The zero-order chi connectivity index (χ0) is 21.7. The molecule has 0 saturated carbocycles. The minimum absolute atomic E-state index is 1.18. The van der Waals surface area contributed by atoms with Crippen molar-refractivity contribution in [3.63, 3.8) is 0 Å². The van der Waals surface area contributed by atoms with Gasteiger partial charge < -0.3 is 0 Å². The maximum Gasteiger partial charge on any atom is 0.256 e. The van der Waals surface area contributed by atoms with Crippen LogP contribution in [0, 0.1) is 0 Å². The molecule has 2 heteroatoms. The number of nitrogens with zero attached hydrogens (tertiary/aromatic N) is 2. The second-order valence-corrected chi connectivity index (χ2v) is 9.51. The summed E-state index contributed by atoms with van der Waals surface area (Å²) in [6.07, 6.45) is 32.7. The summed E-state index contributed by atoms with van der Waals surface area (Å²) in [4.78, 5) is 0. The van der Waals surface area contributed by atoms with Gasteiger partial charge in [0.25, 0.3) is 5.82 Å². The average molecular weight is 420 g/mol. The molecule has 0 N–H and O–H groups in total. The van der Waals surface area contributed by atoms with Gasteiger partial charge in [-0.1, -0.05) is 117 Å². The lowest BCUT2D eigenvalue weighted by molar-refractivity contribution is -0.703. The van der Waals surface area contributed by atoms with Gasteiger partial charge in [0.2, 0.25) is 0 Å². The van der Waals surface area contributed by atoms with Crippen LogP contribution in [0.3, 0.4) is 0 Å². The van der Waals surface area contributed by atoms with Crippen LogP contribution in [0.5, 0.6) is 0 Å². The molecule has 0 atom stereocenters. The van der Waals surface area contributed by atoms with Crippen molar-refractivity contribution in [2.45, 2.75) is 162 Å². The standard InChI is InChI=1S/C28H55N2/c1-4-7-9-11-13-14-15-16-17-18-19-21-23-28-29(24-6-3)26-27-30(28)25-22-20-12-10-8-5-2/h26-27H,4-25H2,1-3H3/q+1. The highest BCUT2D eigenvalue weighted by atomic mass is 15.1. The molecule has 0 aliphatic heterocycles. The van der Waals surface area contributed by atoms with Crippen LogP contribution in [0.1, 0.15) is 149 Å². The van der Waals surface area contributed by atoms with Crippen LogP contribution < -0.4 is 4.57 Å². The van der Waals surface area contributed by atoms with E-state index < -0.39 is 0 Å². The molecule has 1 heterocycles. The lowest BCUT2D eigenvalue weighted by Gasteiger charge is -2.06.